The van der Waals surface area contributed by atoms with E-state index >= 15 is 0 Å². The Bertz CT molecular complexity index is 285. The summed E-state index contributed by atoms with van der Waals surface area (Å²) < 4.78 is -0.149. The van der Waals surface area contributed by atoms with Crippen LogP contribution in [0.1, 0.15) is 20.7 Å². The molecule has 0 bridgehead atoms. The Balaban J connectivity index is 3.01. The van der Waals surface area contributed by atoms with E-state index in [9.17, 15) is 9.59 Å². The van der Waals surface area contributed by atoms with Crippen LogP contribution in [0.3, 0.4) is 0 Å². The van der Waals surface area contributed by atoms with Crippen LogP contribution in [0.2, 0.25) is 0 Å². The third-order valence-electron chi connectivity index (χ3n) is 1.35. The Hall–Kier alpha value is -0.631. The van der Waals surface area contributed by atoms with Crippen molar-refractivity contribution in [1.29, 1.82) is 0 Å². The fourth-order valence-electron chi connectivity index (χ4n) is 0.737. The van der Waals surface area contributed by atoms with Crippen LogP contribution in [0.4, 0.5) is 0 Å². The number of rotatable bonds is 2. The molecule has 0 saturated carbocycles. The van der Waals surface area contributed by atoms with Crippen molar-refractivity contribution in [2.45, 2.75) is 0 Å². The predicted octanol–water partition coefficient (Wildman–Crippen LogP) is 1.37. The maximum atomic E-state index is 10.8. The van der Waals surface area contributed by atoms with E-state index in [0.717, 1.165) is 0 Å². The second-order valence-corrected chi connectivity index (χ2v) is 3.26. The summed E-state index contributed by atoms with van der Waals surface area (Å²) in [6.45, 7) is 0. The van der Waals surface area contributed by atoms with Crippen LogP contribution in [-0.4, -0.2) is 25.9 Å². The predicted molar refractivity (Wildman–Crippen MR) is 46.7 cm³/mol. The molecule has 0 aromatic heterocycles. The van der Waals surface area contributed by atoms with E-state index in [1.807, 2.05) is 0 Å². The number of carbonyl (C=O) groups is 2. The number of halogens is 1. The van der Waals surface area contributed by atoms with Crippen molar-refractivity contribution in [3.63, 3.8) is 0 Å². The third-order valence-corrected chi connectivity index (χ3v) is 2.06. The molecule has 0 aliphatic heterocycles. The molecular weight excluding hydrogens is 242 g/mol. The van der Waals surface area contributed by atoms with Gasteiger partial charge >= 0.3 is 82.5 Å². The van der Waals surface area contributed by atoms with Crippen LogP contribution in [-0.2, 0) is 0 Å². The zero-order valence-corrected chi connectivity index (χ0v) is 8.38. The van der Waals surface area contributed by atoms with Gasteiger partial charge in [0.25, 0.3) is 0 Å². The van der Waals surface area contributed by atoms with Crippen LogP contribution < -0.4 is 0 Å². The average Bonchev–Trinajstić information content (AvgIpc) is 2.04. The summed E-state index contributed by atoms with van der Waals surface area (Å²) in [4.78, 5) is 21.4. The molecule has 0 spiro atoms. The first kappa shape index (κ1) is 9.46. The first-order valence-electron chi connectivity index (χ1n) is 3.12. The van der Waals surface area contributed by atoms with Gasteiger partial charge in [0.2, 0.25) is 0 Å². The van der Waals surface area contributed by atoms with Gasteiger partial charge in [0.05, 0.1) is 0 Å². The quantitative estimate of drug-likeness (QED) is 0.583. The van der Waals surface area contributed by atoms with E-state index < -0.39 is 5.24 Å². The molecule has 0 fully saturated rings. The molecule has 1 radical (unpaired) electrons. The molecule has 61 valence electrons. The normalized spacial score (nSPS) is 9.42. The monoisotopic (exact) mass is 247 g/mol. The van der Waals surface area contributed by atoms with Gasteiger partial charge in [-0.05, 0) is 0 Å². The Morgan fingerprint density at radius 2 is 1.50 bits per heavy atom. The molecule has 12 heavy (non-hydrogen) atoms. The number of carbonyl (C=O) groups excluding carboxylic acids is 2. The Morgan fingerprint density at radius 3 is 1.83 bits per heavy atom. The van der Waals surface area contributed by atoms with Crippen molar-refractivity contribution >= 4 is 37.5 Å². The standard InChI is InChI=1S/C8H4ClO2Se/c9-7(10)5-1-3-6(4-2-5)8(11)12/h1-4H. The van der Waals surface area contributed by atoms with E-state index in [-0.39, 0.29) is 4.68 Å². The fraction of sp³-hybridized carbons (Fsp3) is 0. The summed E-state index contributed by atoms with van der Waals surface area (Å²) in [6, 6.07) is 6.13. The molecule has 0 saturated heterocycles. The molecule has 1 aromatic rings. The molecular formula is C8H4ClO2Se. The minimum atomic E-state index is -0.519. The van der Waals surface area contributed by atoms with Crippen molar-refractivity contribution in [3.05, 3.63) is 35.4 Å². The summed E-state index contributed by atoms with van der Waals surface area (Å²) in [5.41, 5.74) is 0.915. The molecule has 0 atom stereocenters. The number of hydrogen-bond donors (Lipinski definition) is 0. The number of hydrogen-bond acceptors (Lipinski definition) is 2. The maximum absolute atomic E-state index is 10.8. The molecule has 0 heterocycles. The summed E-state index contributed by atoms with van der Waals surface area (Å²) in [5.74, 6) is 0. The third kappa shape index (κ3) is 2.18. The van der Waals surface area contributed by atoms with Gasteiger partial charge < -0.3 is 0 Å². The van der Waals surface area contributed by atoms with E-state index in [1.165, 1.54) is 12.1 Å². The van der Waals surface area contributed by atoms with Crippen LogP contribution in [0, 0.1) is 0 Å². The molecule has 0 N–H and O–H groups in total. The van der Waals surface area contributed by atoms with E-state index in [2.05, 4.69) is 16.0 Å². The van der Waals surface area contributed by atoms with Crippen LogP contribution in [0.5, 0.6) is 0 Å². The summed E-state index contributed by atoms with van der Waals surface area (Å²) in [6.07, 6.45) is 0. The molecule has 0 amide bonds. The second-order valence-electron chi connectivity index (χ2n) is 2.14. The van der Waals surface area contributed by atoms with Crippen molar-refractivity contribution in [3.8, 4) is 0 Å². The molecule has 2 nitrogen and oxygen atoms in total. The topological polar surface area (TPSA) is 34.1 Å². The second kappa shape index (κ2) is 3.85. The van der Waals surface area contributed by atoms with Gasteiger partial charge in [-0.15, -0.1) is 0 Å². The van der Waals surface area contributed by atoms with Gasteiger partial charge in [0.1, 0.15) is 0 Å². The summed E-state index contributed by atoms with van der Waals surface area (Å²) >= 11 is 7.55. The van der Waals surface area contributed by atoms with Gasteiger partial charge in [-0.1, -0.05) is 0 Å². The molecule has 1 aromatic carbocycles. The first-order chi connectivity index (χ1) is 5.61. The average molecular weight is 247 g/mol. The fourth-order valence-corrected chi connectivity index (χ4v) is 1.15. The molecule has 4 heteroatoms. The van der Waals surface area contributed by atoms with Crippen LogP contribution in [0.25, 0.3) is 0 Å². The molecule has 1 rings (SSSR count). The van der Waals surface area contributed by atoms with Crippen LogP contribution in [0.15, 0.2) is 24.3 Å². The molecule has 0 unspecified atom stereocenters. The SMILES string of the molecule is O=C(Cl)c1ccc(C(=O)[Se])cc1. The molecule has 0 aliphatic rings. The van der Waals surface area contributed by atoms with Crippen molar-refractivity contribution in [1.82, 2.24) is 0 Å². The van der Waals surface area contributed by atoms with Crippen LogP contribution >= 0.6 is 11.6 Å². The summed E-state index contributed by atoms with van der Waals surface area (Å²) in [5, 5.41) is -0.519. The number of benzene rings is 1. The van der Waals surface area contributed by atoms with Gasteiger partial charge in [-0.2, -0.15) is 0 Å². The zero-order valence-electron chi connectivity index (χ0n) is 5.91. The van der Waals surface area contributed by atoms with Gasteiger partial charge in [0, 0.05) is 0 Å². The van der Waals surface area contributed by atoms with Crippen molar-refractivity contribution < 1.29 is 9.59 Å². The van der Waals surface area contributed by atoms with Crippen molar-refractivity contribution in [2.75, 3.05) is 0 Å². The van der Waals surface area contributed by atoms with E-state index in [4.69, 9.17) is 11.6 Å². The zero-order chi connectivity index (χ0) is 9.14. The summed E-state index contributed by atoms with van der Waals surface area (Å²) in [7, 11) is 0. The Labute approximate surface area is 82.7 Å². The van der Waals surface area contributed by atoms with Gasteiger partial charge in [-0.25, -0.2) is 0 Å². The van der Waals surface area contributed by atoms with Gasteiger partial charge in [-0.3, -0.25) is 0 Å². The van der Waals surface area contributed by atoms with E-state index in [1.54, 1.807) is 12.1 Å². The first-order valence-corrected chi connectivity index (χ1v) is 4.36. The Kier molecular flexibility index (Phi) is 3.04. The molecule has 0 aliphatic carbocycles. The van der Waals surface area contributed by atoms with Crippen molar-refractivity contribution in [2.24, 2.45) is 0 Å². The minimum absolute atomic E-state index is 0.149. The van der Waals surface area contributed by atoms with E-state index in [0.29, 0.717) is 11.1 Å². The van der Waals surface area contributed by atoms with Gasteiger partial charge in [0.15, 0.2) is 0 Å². The Morgan fingerprint density at radius 1 is 1.08 bits per heavy atom.